The van der Waals surface area contributed by atoms with Gasteiger partial charge in [-0.3, -0.25) is 9.78 Å². The van der Waals surface area contributed by atoms with Gasteiger partial charge in [-0.05, 0) is 35.9 Å². The number of rotatable bonds is 6. The Labute approximate surface area is 181 Å². The van der Waals surface area contributed by atoms with E-state index in [1.807, 2.05) is 61.6 Å². The molecule has 2 aromatic carbocycles. The van der Waals surface area contributed by atoms with Crippen molar-refractivity contribution in [2.24, 2.45) is 0 Å². The Morgan fingerprint density at radius 1 is 0.968 bits per heavy atom. The number of anilines is 3. The lowest BCUT2D eigenvalue weighted by Crippen LogP contribution is -2.04. The van der Waals surface area contributed by atoms with Crippen molar-refractivity contribution in [1.29, 1.82) is 0 Å². The van der Waals surface area contributed by atoms with Gasteiger partial charge in [-0.15, -0.1) is 0 Å². The van der Waals surface area contributed by atoms with E-state index in [4.69, 9.17) is 5.73 Å². The first-order valence-electron chi connectivity index (χ1n) is 9.73. The summed E-state index contributed by atoms with van der Waals surface area (Å²) in [4.78, 5) is 23.4. The average molecular weight is 412 g/mol. The molecule has 0 saturated carbocycles. The normalized spacial score (nSPS) is 9.84. The summed E-state index contributed by atoms with van der Waals surface area (Å²) in [6, 6.07) is 20.7. The van der Waals surface area contributed by atoms with E-state index in [0.29, 0.717) is 18.1 Å². The molecule has 0 fully saturated rings. The minimum absolute atomic E-state index is 0.556. The van der Waals surface area contributed by atoms with E-state index < -0.39 is 0 Å². The maximum atomic E-state index is 10.6. The largest absolute Gasteiger partial charge is 0.397 e. The van der Waals surface area contributed by atoms with E-state index in [1.54, 1.807) is 30.7 Å². The zero-order valence-electron chi connectivity index (χ0n) is 17.2. The van der Waals surface area contributed by atoms with Crippen molar-refractivity contribution in [1.82, 2.24) is 15.0 Å². The number of nitrogens with two attached hydrogens (primary N) is 1. The van der Waals surface area contributed by atoms with Gasteiger partial charge in [0.05, 0.1) is 17.1 Å². The van der Waals surface area contributed by atoms with Crippen LogP contribution < -0.4 is 16.4 Å². The van der Waals surface area contributed by atoms with Gasteiger partial charge in [0.25, 0.3) is 0 Å². The molecule has 4 N–H and O–H groups in total. The highest BCUT2D eigenvalue weighted by Gasteiger charge is 2.02. The molecule has 0 radical (unpaired) electrons. The van der Waals surface area contributed by atoms with Crippen LogP contribution in [0.3, 0.4) is 0 Å². The van der Waals surface area contributed by atoms with Gasteiger partial charge in [-0.2, -0.15) is 0 Å². The number of hydrogen-bond donors (Lipinski definition) is 3. The van der Waals surface area contributed by atoms with Gasteiger partial charge < -0.3 is 16.4 Å². The molecule has 0 saturated heterocycles. The van der Waals surface area contributed by atoms with Gasteiger partial charge in [-0.25, -0.2) is 9.97 Å². The summed E-state index contributed by atoms with van der Waals surface area (Å²) in [5, 5.41) is 6.15. The lowest BCUT2D eigenvalue weighted by Gasteiger charge is -2.07. The SMILES string of the molecule is CNc1ccccc1N.O=Cc1ccc(CNc2nccc(-c3cccnc3)n2)cc1. The highest BCUT2D eigenvalue weighted by atomic mass is 16.1. The third kappa shape index (κ3) is 6.37. The Hall–Kier alpha value is -4.26. The van der Waals surface area contributed by atoms with E-state index >= 15 is 0 Å². The van der Waals surface area contributed by atoms with Gasteiger partial charge in [0, 0.05) is 43.3 Å². The summed E-state index contributed by atoms with van der Waals surface area (Å²) in [5.41, 5.74) is 10.8. The van der Waals surface area contributed by atoms with Crippen molar-refractivity contribution in [3.05, 3.63) is 96.4 Å². The fourth-order valence-corrected chi connectivity index (χ4v) is 2.74. The molecule has 0 aliphatic rings. The third-order valence-electron chi connectivity index (χ3n) is 4.41. The predicted octanol–water partition coefficient (Wildman–Crippen LogP) is 4.27. The van der Waals surface area contributed by atoms with E-state index in [2.05, 4.69) is 25.6 Å². The minimum Gasteiger partial charge on any atom is -0.397 e. The second-order valence-corrected chi connectivity index (χ2v) is 6.56. The number of nitrogen functional groups attached to an aromatic ring is 1. The zero-order chi connectivity index (χ0) is 21.9. The summed E-state index contributed by atoms with van der Waals surface area (Å²) < 4.78 is 0. The number of nitrogens with one attached hydrogen (secondary N) is 2. The van der Waals surface area contributed by atoms with Crippen LogP contribution >= 0.6 is 0 Å². The molecule has 2 heterocycles. The van der Waals surface area contributed by atoms with E-state index in [0.717, 1.165) is 34.5 Å². The Kier molecular flexibility index (Phi) is 7.65. The van der Waals surface area contributed by atoms with Crippen LogP contribution in [0.1, 0.15) is 15.9 Å². The molecule has 4 aromatic rings. The van der Waals surface area contributed by atoms with E-state index in [-0.39, 0.29) is 0 Å². The minimum atomic E-state index is 0.556. The average Bonchev–Trinajstić information content (AvgIpc) is 2.84. The van der Waals surface area contributed by atoms with Gasteiger partial charge >= 0.3 is 0 Å². The number of hydrogen-bond acceptors (Lipinski definition) is 7. The molecule has 156 valence electrons. The molecule has 0 amide bonds. The van der Waals surface area contributed by atoms with Crippen LogP contribution in [0.2, 0.25) is 0 Å². The van der Waals surface area contributed by atoms with Crippen LogP contribution in [0.5, 0.6) is 0 Å². The van der Waals surface area contributed by atoms with Crippen LogP contribution in [-0.4, -0.2) is 28.3 Å². The van der Waals surface area contributed by atoms with Crippen LogP contribution in [-0.2, 0) is 6.54 Å². The maximum Gasteiger partial charge on any atom is 0.223 e. The molecule has 0 bridgehead atoms. The van der Waals surface area contributed by atoms with E-state index in [9.17, 15) is 4.79 Å². The number of aldehydes is 1. The highest BCUT2D eigenvalue weighted by Crippen LogP contribution is 2.16. The molecule has 7 heteroatoms. The molecule has 0 atom stereocenters. The number of aromatic nitrogens is 3. The molecule has 31 heavy (non-hydrogen) atoms. The van der Waals surface area contributed by atoms with Gasteiger partial charge in [0.2, 0.25) is 5.95 Å². The number of para-hydroxylation sites is 2. The van der Waals surface area contributed by atoms with Crippen molar-refractivity contribution in [2.75, 3.05) is 23.4 Å². The lowest BCUT2D eigenvalue weighted by atomic mass is 10.1. The summed E-state index contributed by atoms with van der Waals surface area (Å²) in [6.07, 6.45) is 6.04. The lowest BCUT2D eigenvalue weighted by molar-refractivity contribution is 0.112. The Morgan fingerprint density at radius 2 is 1.77 bits per heavy atom. The van der Waals surface area contributed by atoms with Crippen molar-refractivity contribution < 1.29 is 4.79 Å². The topological polar surface area (TPSA) is 106 Å². The molecule has 0 aliphatic heterocycles. The second kappa shape index (κ2) is 11.1. The van der Waals surface area contributed by atoms with Gasteiger partial charge in [0.15, 0.2) is 0 Å². The van der Waals surface area contributed by atoms with Gasteiger partial charge in [0.1, 0.15) is 6.29 Å². The number of benzene rings is 2. The molecule has 0 aliphatic carbocycles. The van der Waals surface area contributed by atoms with E-state index in [1.165, 1.54) is 0 Å². The number of carbonyl (C=O) groups excluding carboxylic acids is 1. The molecular weight excluding hydrogens is 388 g/mol. The van der Waals surface area contributed by atoms with Crippen LogP contribution in [0.15, 0.2) is 85.3 Å². The number of carbonyl (C=O) groups is 1. The summed E-state index contributed by atoms with van der Waals surface area (Å²) in [6.45, 7) is 0.593. The first-order valence-corrected chi connectivity index (χ1v) is 9.73. The van der Waals surface area contributed by atoms with Crippen LogP contribution in [0.25, 0.3) is 11.3 Å². The summed E-state index contributed by atoms with van der Waals surface area (Å²) in [5.74, 6) is 0.556. The second-order valence-electron chi connectivity index (χ2n) is 6.56. The molecule has 2 aromatic heterocycles. The first kappa shape index (κ1) is 21.4. The van der Waals surface area contributed by atoms with Crippen molar-refractivity contribution in [3.8, 4) is 11.3 Å². The molecule has 4 rings (SSSR count). The number of nitrogens with zero attached hydrogens (tertiary/aromatic N) is 3. The van der Waals surface area contributed by atoms with Crippen molar-refractivity contribution in [3.63, 3.8) is 0 Å². The standard InChI is InChI=1S/C17H14N4O.C7H10N2/c22-12-14-5-3-13(4-6-14)10-20-17-19-9-7-16(21-17)15-2-1-8-18-11-15;1-9-7-5-3-2-4-6(7)8/h1-9,11-12H,10H2,(H,19,20,21);2-5,9H,8H2,1H3. The summed E-state index contributed by atoms with van der Waals surface area (Å²) in [7, 11) is 1.85. The summed E-state index contributed by atoms with van der Waals surface area (Å²) >= 11 is 0. The van der Waals surface area contributed by atoms with Crippen molar-refractivity contribution >= 4 is 23.6 Å². The molecule has 0 unspecified atom stereocenters. The monoisotopic (exact) mass is 412 g/mol. The molecule has 0 spiro atoms. The van der Waals surface area contributed by atoms with Gasteiger partial charge in [-0.1, -0.05) is 36.4 Å². The van der Waals surface area contributed by atoms with Crippen LogP contribution in [0.4, 0.5) is 17.3 Å². The maximum absolute atomic E-state index is 10.6. The predicted molar refractivity (Wildman–Crippen MR) is 125 cm³/mol. The Morgan fingerprint density at radius 3 is 2.42 bits per heavy atom. The molecule has 7 nitrogen and oxygen atoms in total. The zero-order valence-corrected chi connectivity index (χ0v) is 17.2. The fraction of sp³-hybridized carbons (Fsp3) is 0.0833. The molecular formula is C24H24N6O. The van der Waals surface area contributed by atoms with Crippen LogP contribution in [0, 0.1) is 0 Å². The Bertz CT molecular complexity index is 1100. The first-order chi connectivity index (χ1) is 15.2. The highest BCUT2D eigenvalue weighted by molar-refractivity contribution is 5.74. The fourth-order valence-electron chi connectivity index (χ4n) is 2.74. The third-order valence-corrected chi connectivity index (χ3v) is 4.41. The number of pyridine rings is 1. The smallest absolute Gasteiger partial charge is 0.223 e. The quantitative estimate of drug-likeness (QED) is 0.321. The van der Waals surface area contributed by atoms with Crippen molar-refractivity contribution in [2.45, 2.75) is 6.54 Å². The Balaban J connectivity index is 0.000000254.